The molecule has 0 spiro atoms. The summed E-state index contributed by atoms with van der Waals surface area (Å²) >= 11 is 6.04. The molecule has 4 nitrogen and oxygen atoms in total. The number of rotatable bonds is 3. The first-order chi connectivity index (χ1) is 8.03. The Bertz CT molecular complexity index is 290. The van der Waals surface area contributed by atoms with Gasteiger partial charge in [0.2, 0.25) is 5.91 Å². The second kappa shape index (κ2) is 5.12. The van der Waals surface area contributed by atoms with E-state index in [9.17, 15) is 4.79 Å². The minimum atomic E-state index is -0.0125. The van der Waals surface area contributed by atoms with Crippen molar-refractivity contribution in [3.05, 3.63) is 0 Å². The van der Waals surface area contributed by atoms with Gasteiger partial charge in [-0.25, -0.2) is 0 Å². The highest BCUT2D eigenvalue weighted by molar-refractivity contribution is 6.22. The molecule has 2 heterocycles. The van der Waals surface area contributed by atoms with Crippen LogP contribution in [0.2, 0.25) is 0 Å². The van der Waals surface area contributed by atoms with E-state index in [-0.39, 0.29) is 16.8 Å². The zero-order valence-corrected chi connectivity index (χ0v) is 11.4. The number of likely N-dealkylation sites (N-methyl/N-ethyl adjacent to an activating group) is 1. The lowest BCUT2D eigenvalue weighted by Crippen LogP contribution is -2.56. The van der Waals surface area contributed by atoms with Crippen molar-refractivity contribution >= 4 is 17.5 Å². The fourth-order valence-electron chi connectivity index (χ4n) is 2.73. The van der Waals surface area contributed by atoms with Gasteiger partial charge in [-0.3, -0.25) is 4.79 Å². The highest BCUT2D eigenvalue weighted by Crippen LogP contribution is 2.29. The van der Waals surface area contributed by atoms with Crippen LogP contribution < -0.4 is 0 Å². The van der Waals surface area contributed by atoms with Gasteiger partial charge in [-0.2, -0.15) is 0 Å². The Morgan fingerprint density at radius 2 is 2.12 bits per heavy atom. The van der Waals surface area contributed by atoms with E-state index in [1.165, 1.54) is 0 Å². The third kappa shape index (κ3) is 2.75. The van der Waals surface area contributed by atoms with Crippen LogP contribution in [-0.2, 0) is 9.53 Å². The van der Waals surface area contributed by atoms with E-state index in [0.29, 0.717) is 13.0 Å². The molecule has 0 radical (unpaired) electrons. The number of alkyl halides is 1. The summed E-state index contributed by atoms with van der Waals surface area (Å²) in [5.74, 6) is 0.192. The van der Waals surface area contributed by atoms with Crippen LogP contribution in [-0.4, -0.2) is 67.0 Å². The quantitative estimate of drug-likeness (QED) is 0.708. The van der Waals surface area contributed by atoms with E-state index in [1.54, 1.807) is 0 Å². The summed E-state index contributed by atoms with van der Waals surface area (Å²) in [7, 11) is 4.17. The number of amides is 1. The SMILES string of the molecule is CN(C)C1(CN2CC(Cl)CC2=O)CCOCC1. The number of carbonyl (C=O) groups is 1. The molecule has 0 bridgehead atoms. The molecule has 2 rings (SSSR count). The number of hydrogen-bond acceptors (Lipinski definition) is 3. The number of nitrogens with zero attached hydrogens (tertiary/aromatic N) is 2. The summed E-state index contributed by atoms with van der Waals surface area (Å²) in [4.78, 5) is 16.0. The second-order valence-electron chi connectivity index (χ2n) is 5.31. The van der Waals surface area contributed by atoms with Gasteiger partial charge in [0.25, 0.3) is 0 Å². The monoisotopic (exact) mass is 260 g/mol. The smallest absolute Gasteiger partial charge is 0.224 e. The van der Waals surface area contributed by atoms with Crippen LogP contribution in [0.5, 0.6) is 0 Å². The Balaban J connectivity index is 2.05. The Morgan fingerprint density at radius 3 is 2.59 bits per heavy atom. The molecule has 2 aliphatic heterocycles. The minimum absolute atomic E-state index is 0.0125. The van der Waals surface area contributed by atoms with Crippen LogP contribution in [0.4, 0.5) is 0 Å². The first-order valence-corrected chi connectivity index (χ1v) is 6.64. The van der Waals surface area contributed by atoms with E-state index in [1.807, 2.05) is 4.90 Å². The maximum Gasteiger partial charge on any atom is 0.224 e. The number of hydrogen-bond donors (Lipinski definition) is 0. The molecule has 0 aromatic carbocycles. The molecule has 0 aromatic heterocycles. The van der Waals surface area contributed by atoms with Crippen molar-refractivity contribution in [3.63, 3.8) is 0 Å². The number of likely N-dealkylation sites (tertiary alicyclic amines) is 1. The molecular formula is C12H21ClN2O2. The Labute approximate surface area is 108 Å². The number of ether oxygens (including phenoxy) is 1. The average molecular weight is 261 g/mol. The Hall–Kier alpha value is -0.320. The number of halogens is 1. The largest absolute Gasteiger partial charge is 0.381 e. The van der Waals surface area contributed by atoms with Crippen LogP contribution in [0.15, 0.2) is 0 Å². The van der Waals surface area contributed by atoms with Crippen molar-refractivity contribution in [1.29, 1.82) is 0 Å². The summed E-state index contributed by atoms with van der Waals surface area (Å²) in [5, 5.41) is -0.0125. The van der Waals surface area contributed by atoms with Gasteiger partial charge in [0.05, 0.1) is 5.38 Å². The Morgan fingerprint density at radius 1 is 1.47 bits per heavy atom. The molecule has 1 amide bonds. The molecule has 0 aromatic rings. The molecule has 0 saturated carbocycles. The lowest BCUT2D eigenvalue weighted by atomic mass is 9.88. The standard InChI is InChI=1S/C12H21ClN2O2/c1-14(2)12(3-5-17-6-4-12)9-15-8-10(13)7-11(15)16/h10H,3-9H2,1-2H3. The first kappa shape index (κ1) is 13.1. The van der Waals surface area contributed by atoms with Crippen molar-refractivity contribution in [2.75, 3.05) is 40.4 Å². The first-order valence-electron chi connectivity index (χ1n) is 6.20. The van der Waals surface area contributed by atoms with Crippen LogP contribution >= 0.6 is 11.6 Å². The maximum atomic E-state index is 11.8. The van der Waals surface area contributed by atoms with Crippen molar-refractivity contribution in [1.82, 2.24) is 9.80 Å². The summed E-state index contributed by atoms with van der Waals surface area (Å²) in [6.45, 7) is 3.04. The molecule has 98 valence electrons. The van der Waals surface area contributed by atoms with Crippen molar-refractivity contribution in [3.8, 4) is 0 Å². The van der Waals surface area contributed by atoms with E-state index in [0.717, 1.165) is 32.6 Å². The summed E-state index contributed by atoms with van der Waals surface area (Å²) < 4.78 is 5.43. The molecule has 2 saturated heterocycles. The normalized spacial score (nSPS) is 29.1. The number of carbonyl (C=O) groups excluding carboxylic acids is 1. The van der Waals surface area contributed by atoms with Gasteiger partial charge in [0, 0.05) is 38.3 Å². The van der Waals surface area contributed by atoms with E-state index in [4.69, 9.17) is 16.3 Å². The molecule has 1 unspecified atom stereocenters. The van der Waals surface area contributed by atoms with Gasteiger partial charge >= 0.3 is 0 Å². The lowest BCUT2D eigenvalue weighted by molar-refractivity contribution is -0.130. The Kier molecular flexibility index (Phi) is 3.95. The minimum Gasteiger partial charge on any atom is -0.381 e. The van der Waals surface area contributed by atoms with Gasteiger partial charge in [-0.15, -0.1) is 11.6 Å². The fraction of sp³-hybridized carbons (Fsp3) is 0.917. The van der Waals surface area contributed by atoms with E-state index >= 15 is 0 Å². The molecule has 0 N–H and O–H groups in total. The third-order valence-electron chi connectivity index (χ3n) is 4.02. The lowest BCUT2D eigenvalue weighted by Gasteiger charge is -2.45. The molecule has 1 atom stereocenters. The zero-order valence-electron chi connectivity index (χ0n) is 10.6. The van der Waals surface area contributed by atoms with E-state index in [2.05, 4.69) is 19.0 Å². The molecule has 17 heavy (non-hydrogen) atoms. The van der Waals surface area contributed by atoms with Gasteiger partial charge in [-0.1, -0.05) is 0 Å². The predicted molar refractivity (Wildman–Crippen MR) is 67.3 cm³/mol. The summed E-state index contributed by atoms with van der Waals surface area (Å²) in [5.41, 5.74) is 0.0643. The van der Waals surface area contributed by atoms with Crippen molar-refractivity contribution in [2.24, 2.45) is 0 Å². The molecule has 2 aliphatic rings. The molecule has 2 fully saturated rings. The maximum absolute atomic E-state index is 11.8. The van der Waals surface area contributed by atoms with Gasteiger partial charge in [-0.05, 0) is 26.9 Å². The molecule has 0 aliphatic carbocycles. The van der Waals surface area contributed by atoms with Crippen LogP contribution in [0, 0.1) is 0 Å². The molecular weight excluding hydrogens is 240 g/mol. The summed E-state index contributed by atoms with van der Waals surface area (Å²) in [6, 6.07) is 0. The topological polar surface area (TPSA) is 32.8 Å². The average Bonchev–Trinajstić information content (AvgIpc) is 2.58. The second-order valence-corrected chi connectivity index (χ2v) is 5.92. The van der Waals surface area contributed by atoms with Gasteiger partial charge < -0.3 is 14.5 Å². The zero-order chi connectivity index (χ0) is 12.5. The van der Waals surface area contributed by atoms with Crippen LogP contribution in [0.25, 0.3) is 0 Å². The van der Waals surface area contributed by atoms with E-state index < -0.39 is 0 Å². The van der Waals surface area contributed by atoms with Crippen LogP contribution in [0.3, 0.4) is 0 Å². The summed E-state index contributed by atoms with van der Waals surface area (Å²) in [6.07, 6.45) is 2.45. The van der Waals surface area contributed by atoms with Crippen molar-refractivity contribution < 1.29 is 9.53 Å². The fourth-order valence-corrected chi connectivity index (χ4v) is 3.03. The van der Waals surface area contributed by atoms with Gasteiger partial charge in [0.1, 0.15) is 0 Å². The highest BCUT2D eigenvalue weighted by atomic mass is 35.5. The van der Waals surface area contributed by atoms with Crippen LogP contribution in [0.1, 0.15) is 19.3 Å². The van der Waals surface area contributed by atoms with Crippen molar-refractivity contribution in [2.45, 2.75) is 30.2 Å². The predicted octanol–water partition coefficient (Wildman–Crippen LogP) is 0.937. The molecule has 5 heteroatoms. The third-order valence-corrected chi connectivity index (χ3v) is 4.32. The highest BCUT2D eigenvalue weighted by Gasteiger charge is 2.40. The van der Waals surface area contributed by atoms with Gasteiger partial charge in [0.15, 0.2) is 0 Å².